The lowest BCUT2D eigenvalue weighted by atomic mass is 10.1. The van der Waals surface area contributed by atoms with Crippen molar-refractivity contribution in [3.05, 3.63) is 0 Å². The Bertz CT molecular complexity index is 351. The second-order valence-electron chi connectivity index (χ2n) is 6.95. The predicted octanol–water partition coefficient (Wildman–Crippen LogP) is 1.05. The van der Waals surface area contributed by atoms with E-state index in [1.807, 2.05) is 20.8 Å². The van der Waals surface area contributed by atoms with E-state index in [-0.39, 0.29) is 12.1 Å². The lowest BCUT2D eigenvalue weighted by Crippen LogP contribution is -2.59. The molecule has 2 atom stereocenters. The van der Waals surface area contributed by atoms with Gasteiger partial charge < -0.3 is 20.1 Å². The van der Waals surface area contributed by atoms with E-state index in [4.69, 9.17) is 15.2 Å². The van der Waals surface area contributed by atoms with Gasteiger partial charge >= 0.3 is 6.09 Å². The molecule has 0 aromatic heterocycles. The molecule has 0 radical (unpaired) electrons. The van der Waals surface area contributed by atoms with Gasteiger partial charge in [0.1, 0.15) is 5.60 Å². The van der Waals surface area contributed by atoms with Crippen LogP contribution >= 0.6 is 0 Å². The molecule has 2 aliphatic heterocycles. The molecule has 0 aromatic rings. The van der Waals surface area contributed by atoms with Crippen LogP contribution < -0.4 is 5.73 Å². The molecule has 2 rings (SSSR count). The first kappa shape index (κ1) is 16.5. The zero-order valence-electron chi connectivity index (χ0n) is 13.5. The first-order chi connectivity index (χ1) is 9.89. The molecule has 2 heterocycles. The molecule has 2 fully saturated rings. The second kappa shape index (κ2) is 6.94. The molecular weight excluding hydrogens is 270 g/mol. The van der Waals surface area contributed by atoms with Gasteiger partial charge in [-0.05, 0) is 33.6 Å². The lowest BCUT2D eigenvalue weighted by molar-refractivity contribution is -0.00617. The van der Waals surface area contributed by atoms with E-state index in [1.54, 1.807) is 4.90 Å². The summed E-state index contributed by atoms with van der Waals surface area (Å²) in [5, 5.41) is 0. The number of nitrogens with two attached hydrogens (primary N) is 1. The molecule has 0 spiro atoms. The number of hydrogen-bond acceptors (Lipinski definition) is 5. The highest BCUT2D eigenvalue weighted by atomic mass is 16.6. The third-order valence-electron chi connectivity index (χ3n) is 3.99. The van der Waals surface area contributed by atoms with Gasteiger partial charge in [0.25, 0.3) is 0 Å². The minimum absolute atomic E-state index is 0.190. The van der Waals surface area contributed by atoms with E-state index >= 15 is 0 Å². The van der Waals surface area contributed by atoms with Crippen LogP contribution in [-0.2, 0) is 9.47 Å². The molecule has 2 unspecified atom stereocenters. The van der Waals surface area contributed by atoms with E-state index in [9.17, 15) is 4.79 Å². The van der Waals surface area contributed by atoms with Crippen LogP contribution in [0.1, 0.15) is 33.6 Å². The summed E-state index contributed by atoms with van der Waals surface area (Å²) in [5.74, 6) is 0. The number of ether oxygens (including phenoxy) is 2. The molecule has 2 aliphatic rings. The summed E-state index contributed by atoms with van der Waals surface area (Å²) in [6, 6.07) is 0.190. The highest BCUT2D eigenvalue weighted by Crippen LogP contribution is 2.18. The van der Waals surface area contributed by atoms with E-state index in [2.05, 4.69) is 4.90 Å². The average Bonchev–Trinajstić information content (AvgIpc) is 2.90. The van der Waals surface area contributed by atoms with Gasteiger partial charge in [0, 0.05) is 45.4 Å². The number of amides is 1. The highest BCUT2D eigenvalue weighted by Gasteiger charge is 2.32. The monoisotopic (exact) mass is 299 g/mol. The molecule has 0 aliphatic carbocycles. The number of piperazine rings is 1. The van der Waals surface area contributed by atoms with Crippen LogP contribution in [0.2, 0.25) is 0 Å². The molecule has 6 nitrogen and oxygen atoms in total. The molecule has 0 saturated carbocycles. The zero-order valence-corrected chi connectivity index (χ0v) is 13.5. The van der Waals surface area contributed by atoms with E-state index in [0.29, 0.717) is 25.7 Å². The average molecular weight is 299 g/mol. The number of carbonyl (C=O) groups is 1. The molecular formula is C15H29N3O3. The van der Waals surface area contributed by atoms with Crippen molar-refractivity contribution in [2.75, 3.05) is 39.3 Å². The predicted molar refractivity (Wildman–Crippen MR) is 81.2 cm³/mol. The summed E-state index contributed by atoms with van der Waals surface area (Å²) in [5.41, 5.74) is 5.44. The Morgan fingerprint density at radius 3 is 2.71 bits per heavy atom. The summed E-state index contributed by atoms with van der Waals surface area (Å²) in [6.45, 7) is 10.2. The van der Waals surface area contributed by atoms with Gasteiger partial charge in [-0.2, -0.15) is 0 Å². The smallest absolute Gasteiger partial charge is 0.410 e. The van der Waals surface area contributed by atoms with Crippen LogP contribution in [0.15, 0.2) is 0 Å². The Kier molecular flexibility index (Phi) is 5.46. The van der Waals surface area contributed by atoms with Crippen molar-refractivity contribution in [1.82, 2.24) is 9.80 Å². The second-order valence-corrected chi connectivity index (χ2v) is 6.95. The molecule has 2 N–H and O–H groups in total. The van der Waals surface area contributed by atoms with Crippen molar-refractivity contribution in [2.45, 2.75) is 51.4 Å². The van der Waals surface area contributed by atoms with Crippen molar-refractivity contribution in [1.29, 1.82) is 0 Å². The highest BCUT2D eigenvalue weighted by molar-refractivity contribution is 5.68. The summed E-state index contributed by atoms with van der Waals surface area (Å²) in [6.07, 6.45) is 2.37. The van der Waals surface area contributed by atoms with Crippen molar-refractivity contribution in [2.24, 2.45) is 5.73 Å². The summed E-state index contributed by atoms with van der Waals surface area (Å²) < 4.78 is 11.1. The molecule has 0 aromatic carbocycles. The van der Waals surface area contributed by atoms with Gasteiger partial charge in [-0.15, -0.1) is 0 Å². The van der Waals surface area contributed by atoms with Gasteiger partial charge in [0.2, 0.25) is 0 Å². The summed E-state index contributed by atoms with van der Waals surface area (Å²) in [4.78, 5) is 16.3. The van der Waals surface area contributed by atoms with Gasteiger partial charge in [0.15, 0.2) is 0 Å². The Hall–Kier alpha value is -0.850. The fourth-order valence-corrected chi connectivity index (χ4v) is 2.90. The van der Waals surface area contributed by atoms with Crippen LogP contribution in [0, 0.1) is 0 Å². The Morgan fingerprint density at radius 2 is 2.14 bits per heavy atom. The first-order valence-corrected chi connectivity index (χ1v) is 7.92. The maximum Gasteiger partial charge on any atom is 0.410 e. The van der Waals surface area contributed by atoms with Gasteiger partial charge in [0.05, 0.1) is 6.10 Å². The van der Waals surface area contributed by atoms with Crippen LogP contribution in [0.5, 0.6) is 0 Å². The first-order valence-electron chi connectivity index (χ1n) is 7.92. The minimum Gasteiger partial charge on any atom is -0.444 e. The molecule has 122 valence electrons. The fraction of sp³-hybridized carbons (Fsp3) is 0.933. The van der Waals surface area contributed by atoms with Gasteiger partial charge in [-0.1, -0.05) is 0 Å². The van der Waals surface area contributed by atoms with Crippen molar-refractivity contribution >= 4 is 6.09 Å². The summed E-state index contributed by atoms with van der Waals surface area (Å²) >= 11 is 0. The number of nitrogens with zero attached hydrogens (tertiary/aromatic N) is 2. The van der Waals surface area contributed by atoms with E-state index in [1.165, 1.54) is 0 Å². The Labute approximate surface area is 127 Å². The number of rotatable bonds is 3. The third kappa shape index (κ3) is 4.83. The van der Waals surface area contributed by atoms with E-state index < -0.39 is 5.60 Å². The maximum atomic E-state index is 12.1. The van der Waals surface area contributed by atoms with Crippen LogP contribution in [0.4, 0.5) is 4.79 Å². The van der Waals surface area contributed by atoms with Crippen LogP contribution in [0.3, 0.4) is 0 Å². The third-order valence-corrected chi connectivity index (χ3v) is 3.99. The normalized spacial score (nSPS) is 27.9. The van der Waals surface area contributed by atoms with Crippen LogP contribution in [0.25, 0.3) is 0 Å². The lowest BCUT2D eigenvalue weighted by Gasteiger charge is -2.42. The standard InChI is InChI=1S/C15H29N3O3/c1-15(2,3)21-14(19)18-7-6-17(12(9-16)10-18)11-13-5-4-8-20-13/h12-13H,4-11,16H2,1-3H3. The minimum atomic E-state index is -0.454. The largest absolute Gasteiger partial charge is 0.444 e. The van der Waals surface area contributed by atoms with Crippen LogP contribution in [-0.4, -0.2) is 73.0 Å². The number of carbonyl (C=O) groups excluding carboxylic acids is 1. The molecule has 0 bridgehead atoms. The Balaban J connectivity index is 1.86. The molecule has 6 heteroatoms. The van der Waals surface area contributed by atoms with E-state index in [0.717, 1.165) is 32.5 Å². The Morgan fingerprint density at radius 1 is 1.38 bits per heavy atom. The maximum absolute atomic E-state index is 12.1. The number of hydrogen-bond donors (Lipinski definition) is 1. The quantitative estimate of drug-likeness (QED) is 0.843. The zero-order chi connectivity index (χ0) is 15.5. The van der Waals surface area contributed by atoms with Gasteiger partial charge in [-0.25, -0.2) is 4.79 Å². The summed E-state index contributed by atoms with van der Waals surface area (Å²) in [7, 11) is 0. The fourth-order valence-electron chi connectivity index (χ4n) is 2.90. The van der Waals surface area contributed by atoms with Gasteiger partial charge in [-0.3, -0.25) is 4.90 Å². The molecule has 2 saturated heterocycles. The molecule has 21 heavy (non-hydrogen) atoms. The SMILES string of the molecule is CC(C)(C)OC(=O)N1CCN(CC2CCCO2)C(CN)C1. The van der Waals surface area contributed by atoms with Crippen molar-refractivity contribution in [3.63, 3.8) is 0 Å². The molecule has 1 amide bonds. The topological polar surface area (TPSA) is 68.0 Å². The van der Waals surface area contributed by atoms with Crippen molar-refractivity contribution < 1.29 is 14.3 Å². The van der Waals surface area contributed by atoms with Crippen molar-refractivity contribution in [3.8, 4) is 0 Å².